The van der Waals surface area contributed by atoms with Crippen molar-refractivity contribution in [2.24, 2.45) is 0 Å². The van der Waals surface area contributed by atoms with Crippen LogP contribution in [-0.2, 0) is 0 Å². The van der Waals surface area contributed by atoms with Crippen LogP contribution in [0.3, 0.4) is 0 Å². The number of amides is 1. The standard InChI is InChI=1S/C23H25N5O2/c1-24-21-13-19(26-22(27-21)16-7-5-11-25-14-16)17-8-6-12-28(15-17)23(29)18-9-3-4-10-20(18)30-2/h3-5,7,9-11,13-14,17H,6,8,12,15H2,1-2H3,(H,24,26,27)/t17-/m0/s1. The molecule has 0 saturated carbocycles. The van der Waals surface area contributed by atoms with E-state index in [2.05, 4.69) is 15.3 Å². The third kappa shape index (κ3) is 4.10. The summed E-state index contributed by atoms with van der Waals surface area (Å²) < 4.78 is 5.38. The van der Waals surface area contributed by atoms with E-state index in [0.29, 0.717) is 23.7 Å². The second-order valence-electron chi connectivity index (χ2n) is 7.28. The lowest BCUT2D eigenvalue weighted by molar-refractivity contribution is 0.0702. The molecule has 3 heterocycles. The number of pyridine rings is 1. The lowest BCUT2D eigenvalue weighted by Gasteiger charge is -2.33. The van der Waals surface area contributed by atoms with Crippen LogP contribution in [0.5, 0.6) is 5.75 Å². The monoisotopic (exact) mass is 403 g/mol. The third-order valence-corrected chi connectivity index (χ3v) is 5.39. The molecule has 0 aliphatic carbocycles. The van der Waals surface area contributed by atoms with Crippen molar-refractivity contribution < 1.29 is 9.53 Å². The molecule has 30 heavy (non-hydrogen) atoms. The number of aromatic nitrogens is 3. The normalized spacial score (nSPS) is 16.2. The first-order valence-electron chi connectivity index (χ1n) is 10.1. The number of carbonyl (C=O) groups is 1. The van der Waals surface area contributed by atoms with Gasteiger partial charge >= 0.3 is 0 Å². The fourth-order valence-electron chi connectivity index (χ4n) is 3.82. The minimum Gasteiger partial charge on any atom is -0.496 e. The molecule has 1 saturated heterocycles. The summed E-state index contributed by atoms with van der Waals surface area (Å²) in [4.78, 5) is 28.6. The summed E-state index contributed by atoms with van der Waals surface area (Å²) in [6.07, 6.45) is 5.39. The van der Waals surface area contributed by atoms with Gasteiger partial charge in [-0.15, -0.1) is 0 Å². The fourth-order valence-corrected chi connectivity index (χ4v) is 3.82. The van der Waals surface area contributed by atoms with Crippen molar-refractivity contribution in [3.63, 3.8) is 0 Å². The summed E-state index contributed by atoms with van der Waals surface area (Å²) in [5.74, 6) is 2.13. The highest BCUT2D eigenvalue weighted by atomic mass is 16.5. The van der Waals surface area contributed by atoms with Crippen LogP contribution >= 0.6 is 0 Å². The molecule has 154 valence electrons. The van der Waals surface area contributed by atoms with Crippen molar-refractivity contribution in [1.29, 1.82) is 0 Å². The van der Waals surface area contributed by atoms with E-state index in [0.717, 1.165) is 36.5 Å². The van der Waals surface area contributed by atoms with Gasteiger partial charge in [-0.3, -0.25) is 9.78 Å². The molecule has 0 bridgehead atoms. The molecule has 0 unspecified atom stereocenters. The maximum absolute atomic E-state index is 13.2. The SMILES string of the molecule is CNc1cc([C@H]2CCCN(C(=O)c3ccccc3OC)C2)nc(-c2cccnc2)n1. The van der Waals surface area contributed by atoms with Gasteiger partial charge in [0.15, 0.2) is 5.82 Å². The predicted octanol–water partition coefficient (Wildman–Crippen LogP) is 3.61. The average Bonchev–Trinajstić information content (AvgIpc) is 2.83. The molecule has 1 N–H and O–H groups in total. The van der Waals surface area contributed by atoms with Crippen molar-refractivity contribution >= 4 is 11.7 Å². The Balaban J connectivity index is 1.61. The van der Waals surface area contributed by atoms with Crippen molar-refractivity contribution in [3.05, 3.63) is 66.1 Å². The highest BCUT2D eigenvalue weighted by Crippen LogP contribution is 2.30. The van der Waals surface area contributed by atoms with Gasteiger partial charge in [-0.2, -0.15) is 0 Å². The van der Waals surface area contributed by atoms with Crippen LogP contribution in [0.1, 0.15) is 34.8 Å². The number of nitrogens with zero attached hydrogens (tertiary/aromatic N) is 4. The molecule has 1 aromatic carbocycles. The Kier molecular flexibility index (Phi) is 5.88. The van der Waals surface area contributed by atoms with E-state index in [1.165, 1.54) is 0 Å². The van der Waals surface area contributed by atoms with Crippen LogP contribution in [0.4, 0.5) is 5.82 Å². The summed E-state index contributed by atoms with van der Waals surface area (Å²) >= 11 is 0. The van der Waals surface area contributed by atoms with E-state index in [4.69, 9.17) is 9.72 Å². The summed E-state index contributed by atoms with van der Waals surface area (Å²) in [7, 11) is 3.43. The first-order valence-corrected chi connectivity index (χ1v) is 10.1. The number of carbonyl (C=O) groups excluding carboxylic acids is 1. The van der Waals surface area contributed by atoms with E-state index in [1.807, 2.05) is 54.4 Å². The fraction of sp³-hybridized carbons (Fsp3) is 0.304. The van der Waals surface area contributed by atoms with Gasteiger partial charge in [0.05, 0.1) is 18.4 Å². The summed E-state index contributed by atoms with van der Waals surface area (Å²) in [5, 5.41) is 3.12. The highest BCUT2D eigenvalue weighted by Gasteiger charge is 2.28. The number of para-hydroxylation sites is 1. The van der Waals surface area contributed by atoms with Gasteiger partial charge in [0, 0.05) is 50.1 Å². The van der Waals surface area contributed by atoms with Crippen LogP contribution < -0.4 is 10.1 Å². The lowest BCUT2D eigenvalue weighted by Crippen LogP contribution is -2.39. The van der Waals surface area contributed by atoms with E-state index in [-0.39, 0.29) is 11.8 Å². The number of likely N-dealkylation sites (tertiary alicyclic amines) is 1. The Hall–Kier alpha value is -3.48. The topological polar surface area (TPSA) is 80.2 Å². The van der Waals surface area contributed by atoms with Crippen LogP contribution in [0.2, 0.25) is 0 Å². The smallest absolute Gasteiger partial charge is 0.257 e. The number of anilines is 1. The predicted molar refractivity (Wildman–Crippen MR) is 116 cm³/mol. The Labute approximate surface area is 176 Å². The number of nitrogens with one attached hydrogen (secondary N) is 1. The number of hydrogen-bond donors (Lipinski definition) is 1. The molecule has 4 rings (SSSR count). The van der Waals surface area contributed by atoms with E-state index < -0.39 is 0 Å². The molecule has 1 atom stereocenters. The largest absolute Gasteiger partial charge is 0.496 e. The van der Waals surface area contributed by atoms with Gasteiger partial charge < -0.3 is 15.0 Å². The number of methoxy groups -OCH3 is 1. The van der Waals surface area contributed by atoms with Crippen LogP contribution in [0.15, 0.2) is 54.9 Å². The summed E-state index contributed by atoms with van der Waals surface area (Å²) in [6, 6.07) is 13.2. The average molecular weight is 403 g/mol. The molecule has 1 aliphatic rings. The summed E-state index contributed by atoms with van der Waals surface area (Å²) in [6.45, 7) is 1.34. The molecule has 0 radical (unpaired) electrons. The zero-order chi connectivity index (χ0) is 20.9. The quantitative estimate of drug-likeness (QED) is 0.701. The van der Waals surface area contributed by atoms with Gasteiger partial charge in [-0.05, 0) is 37.1 Å². The minimum absolute atomic E-state index is 0.00692. The van der Waals surface area contributed by atoms with Crippen molar-refractivity contribution in [1.82, 2.24) is 19.9 Å². The molecule has 1 fully saturated rings. The Bertz CT molecular complexity index is 1030. The second kappa shape index (κ2) is 8.90. The molecule has 7 nitrogen and oxygen atoms in total. The van der Waals surface area contributed by atoms with Crippen LogP contribution in [0, 0.1) is 0 Å². The molecule has 3 aromatic rings. The van der Waals surface area contributed by atoms with Crippen molar-refractivity contribution in [2.75, 3.05) is 32.6 Å². The minimum atomic E-state index is -0.00692. The number of hydrogen-bond acceptors (Lipinski definition) is 6. The molecule has 1 aliphatic heterocycles. The van der Waals surface area contributed by atoms with Gasteiger partial charge in [0.2, 0.25) is 0 Å². The number of benzene rings is 1. The Morgan fingerprint density at radius 1 is 1.20 bits per heavy atom. The van der Waals surface area contributed by atoms with Gasteiger partial charge in [0.1, 0.15) is 11.6 Å². The molecular formula is C23H25N5O2. The van der Waals surface area contributed by atoms with E-state index in [1.54, 1.807) is 19.5 Å². The second-order valence-corrected chi connectivity index (χ2v) is 7.28. The molecular weight excluding hydrogens is 378 g/mol. The summed E-state index contributed by atoms with van der Waals surface area (Å²) in [5.41, 5.74) is 2.40. The van der Waals surface area contributed by atoms with Gasteiger partial charge in [-0.1, -0.05) is 12.1 Å². The van der Waals surface area contributed by atoms with Crippen LogP contribution in [-0.4, -0.2) is 53.0 Å². The molecule has 2 aromatic heterocycles. The number of rotatable bonds is 5. The molecule has 0 spiro atoms. The highest BCUT2D eigenvalue weighted by molar-refractivity contribution is 5.97. The van der Waals surface area contributed by atoms with Crippen molar-refractivity contribution in [2.45, 2.75) is 18.8 Å². The van der Waals surface area contributed by atoms with E-state index in [9.17, 15) is 4.79 Å². The van der Waals surface area contributed by atoms with Crippen LogP contribution in [0.25, 0.3) is 11.4 Å². The maximum Gasteiger partial charge on any atom is 0.257 e. The van der Waals surface area contributed by atoms with Crippen molar-refractivity contribution in [3.8, 4) is 17.1 Å². The maximum atomic E-state index is 13.2. The third-order valence-electron chi connectivity index (χ3n) is 5.39. The first-order chi connectivity index (χ1) is 14.7. The number of ether oxygens (including phenoxy) is 1. The zero-order valence-electron chi connectivity index (χ0n) is 17.2. The first kappa shape index (κ1) is 19.8. The van der Waals surface area contributed by atoms with E-state index >= 15 is 0 Å². The molecule has 1 amide bonds. The lowest BCUT2D eigenvalue weighted by atomic mass is 9.93. The Morgan fingerprint density at radius 3 is 2.83 bits per heavy atom. The van der Waals surface area contributed by atoms with Gasteiger partial charge in [0.25, 0.3) is 5.91 Å². The Morgan fingerprint density at radius 2 is 2.07 bits per heavy atom. The molecule has 7 heteroatoms. The zero-order valence-corrected chi connectivity index (χ0v) is 17.2. The van der Waals surface area contributed by atoms with Gasteiger partial charge in [-0.25, -0.2) is 9.97 Å². The number of piperidine rings is 1.